The fraction of sp³-hybridized carbons (Fsp3) is 0.538. The Kier molecular flexibility index (Phi) is 3.01. The second-order valence-electron chi connectivity index (χ2n) is 4.50. The van der Waals surface area contributed by atoms with Crippen molar-refractivity contribution in [3.63, 3.8) is 0 Å². The van der Waals surface area contributed by atoms with E-state index in [2.05, 4.69) is 42.8 Å². The second kappa shape index (κ2) is 4.04. The van der Waals surface area contributed by atoms with Crippen molar-refractivity contribution in [2.75, 3.05) is 20.3 Å². The molecule has 0 saturated carbocycles. The zero-order valence-electron chi connectivity index (χ0n) is 10.2. The Labute approximate surface area is 105 Å². The van der Waals surface area contributed by atoms with E-state index >= 15 is 0 Å². The number of alkyl halides is 1. The van der Waals surface area contributed by atoms with E-state index in [0.29, 0.717) is 13.2 Å². The monoisotopic (exact) mass is 284 g/mol. The Morgan fingerprint density at radius 3 is 2.31 bits per heavy atom. The molecule has 0 aliphatic carbocycles. The molecule has 0 bridgehead atoms. The molecule has 1 fully saturated rings. The molecule has 3 heteroatoms. The summed E-state index contributed by atoms with van der Waals surface area (Å²) in [4.78, 5) is 0. The van der Waals surface area contributed by atoms with Crippen LogP contribution in [0.1, 0.15) is 22.3 Å². The summed E-state index contributed by atoms with van der Waals surface area (Å²) in [5, 5.41) is 0. The van der Waals surface area contributed by atoms with Gasteiger partial charge in [-0.2, -0.15) is 0 Å². The molecule has 0 amide bonds. The highest BCUT2D eigenvalue weighted by atomic mass is 79.9. The lowest BCUT2D eigenvalue weighted by Gasteiger charge is -2.39. The van der Waals surface area contributed by atoms with Crippen molar-refractivity contribution in [2.24, 2.45) is 0 Å². The number of hydrogen-bond donors (Lipinski definition) is 0. The molecule has 1 aliphatic rings. The highest BCUT2D eigenvalue weighted by Crippen LogP contribution is 2.46. The topological polar surface area (TPSA) is 18.5 Å². The molecule has 2 rings (SSSR count). The number of halogens is 1. The standard InChI is InChI=1S/C13H17BrO2/c1-8-5-9(2)11(12(15-4)10(8)3)13(14)6-16-7-13/h5H,6-7H2,1-4H3. The van der Waals surface area contributed by atoms with E-state index in [9.17, 15) is 0 Å². The van der Waals surface area contributed by atoms with Crippen LogP contribution in [0.5, 0.6) is 5.75 Å². The summed E-state index contributed by atoms with van der Waals surface area (Å²) in [6.45, 7) is 7.78. The normalized spacial score (nSPS) is 18.1. The van der Waals surface area contributed by atoms with Crippen LogP contribution in [0.4, 0.5) is 0 Å². The molecule has 0 unspecified atom stereocenters. The van der Waals surface area contributed by atoms with Crippen LogP contribution in [0.25, 0.3) is 0 Å². The van der Waals surface area contributed by atoms with Gasteiger partial charge in [-0.1, -0.05) is 22.0 Å². The lowest BCUT2D eigenvalue weighted by atomic mass is 9.88. The van der Waals surface area contributed by atoms with Gasteiger partial charge in [0.25, 0.3) is 0 Å². The SMILES string of the molecule is COc1c(C)c(C)cc(C)c1C1(Br)COC1. The van der Waals surface area contributed by atoms with E-state index in [1.54, 1.807) is 7.11 Å². The second-order valence-corrected chi connectivity index (χ2v) is 6.02. The third kappa shape index (κ3) is 1.66. The highest BCUT2D eigenvalue weighted by molar-refractivity contribution is 9.09. The molecule has 0 N–H and O–H groups in total. The van der Waals surface area contributed by atoms with Gasteiger partial charge in [0.15, 0.2) is 0 Å². The van der Waals surface area contributed by atoms with Crippen molar-refractivity contribution in [2.45, 2.75) is 25.1 Å². The van der Waals surface area contributed by atoms with E-state index in [1.165, 1.54) is 22.3 Å². The van der Waals surface area contributed by atoms with Crippen molar-refractivity contribution < 1.29 is 9.47 Å². The molecule has 16 heavy (non-hydrogen) atoms. The van der Waals surface area contributed by atoms with Crippen molar-refractivity contribution in [1.29, 1.82) is 0 Å². The number of aryl methyl sites for hydroxylation is 2. The first-order valence-electron chi connectivity index (χ1n) is 5.41. The number of methoxy groups -OCH3 is 1. The molecule has 88 valence electrons. The number of ether oxygens (including phenoxy) is 2. The molecule has 1 saturated heterocycles. The van der Waals surface area contributed by atoms with E-state index in [-0.39, 0.29) is 4.32 Å². The van der Waals surface area contributed by atoms with Crippen LogP contribution >= 0.6 is 15.9 Å². The molecule has 0 spiro atoms. The number of benzene rings is 1. The maximum Gasteiger partial charge on any atom is 0.127 e. The summed E-state index contributed by atoms with van der Waals surface area (Å²) in [5.41, 5.74) is 4.99. The molecule has 0 radical (unpaired) electrons. The molecular weight excluding hydrogens is 268 g/mol. The maximum atomic E-state index is 5.57. The first-order chi connectivity index (χ1) is 7.49. The summed E-state index contributed by atoms with van der Waals surface area (Å²) in [5.74, 6) is 0.998. The highest BCUT2D eigenvalue weighted by Gasteiger charge is 2.41. The fourth-order valence-electron chi connectivity index (χ4n) is 2.29. The lowest BCUT2D eigenvalue weighted by Crippen LogP contribution is -2.42. The molecule has 0 atom stereocenters. The van der Waals surface area contributed by atoms with Gasteiger partial charge in [-0.15, -0.1) is 0 Å². The first-order valence-corrected chi connectivity index (χ1v) is 6.21. The lowest BCUT2D eigenvalue weighted by molar-refractivity contribution is -0.00820. The number of hydrogen-bond acceptors (Lipinski definition) is 2. The minimum Gasteiger partial charge on any atom is -0.496 e. The Bertz CT molecular complexity index is 422. The molecule has 2 nitrogen and oxygen atoms in total. The van der Waals surface area contributed by atoms with Gasteiger partial charge < -0.3 is 9.47 Å². The third-order valence-electron chi connectivity index (χ3n) is 3.30. The van der Waals surface area contributed by atoms with E-state index < -0.39 is 0 Å². The predicted molar refractivity (Wildman–Crippen MR) is 68.6 cm³/mol. The van der Waals surface area contributed by atoms with Crippen LogP contribution in [0, 0.1) is 20.8 Å². The largest absolute Gasteiger partial charge is 0.496 e. The van der Waals surface area contributed by atoms with Gasteiger partial charge in [-0.25, -0.2) is 0 Å². The molecule has 1 heterocycles. The average molecular weight is 285 g/mol. The molecule has 1 aromatic rings. The summed E-state index contributed by atoms with van der Waals surface area (Å²) < 4.78 is 10.8. The van der Waals surface area contributed by atoms with Gasteiger partial charge in [-0.3, -0.25) is 0 Å². The van der Waals surface area contributed by atoms with Crippen LogP contribution in [-0.2, 0) is 9.06 Å². The van der Waals surface area contributed by atoms with Crippen molar-refractivity contribution in [3.05, 3.63) is 28.3 Å². The summed E-state index contributed by atoms with van der Waals surface area (Å²) in [6.07, 6.45) is 0. The zero-order valence-corrected chi connectivity index (χ0v) is 11.8. The van der Waals surface area contributed by atoms with Gasteiger partial charge in [0.05, 0.1) is 20.3 Å². The van der Waals surface area contributed by atoms with Gasteiger partial charge in [0.2, 0.25) is 0 Å². The van der Waals surface area contributed by atoms with E-state index in [0.717, 1.165) is 5.75 Å². The van der Waals surface area contributed by atoms with Crippen molar-refractivity contribution >= 4 is 15.9 Å². The van der Waals surface area contributed by atoms with Gasteiger partial charge in [0.1, 0.15) is 10.1 Å². The fourth-order valence-corrected chi connectivity index (χ4v) is 3.10. The Morgan fingerprint density at radius 2 is 1.88 bits per heavy atom. The molecular formula is C13H17BrO2. The van der Waals surface area contributed by atoms with Crippen LogP contribution in [0.2, 0.25) is 0 Å². The van der Waals surface area contributed by atoms with E-state index in [1.807, 2.05) is 0 Å². The van der Waals surface area contributed by atoms with Crippen LogP contribution < -0.4 is 4.74 Å². The summed E-state index contributed by atoms with van der Waals surface area (Å²) in [7, 11) is 1.74. The molecule has 0 aromatic heterocycles. The Balaban J connectivity index is 2.63. The first kappa shape index (κ1) is 11.9. The van der Waals surface area contributed by atoms with Gasteiger partial charge in [-0.05, 0) is 37.5 Å². The third-order valence-corrected chi connectivity index (χ3v) is 4.15. The number of rotatable bonds is 2. The zero-order chi connectivity index (χ0) is 11.9. The summed E-state index contributed by atoms with van der Waals surface area (Å²) >= 11 is 3.77. The van der Waals surface area contributed by atoms with Crippen molar-refractivity contribution in [1.82, 2.24) is 0 Å². The molecule has 1 aromatic carbocycles. The van der Waals surface area contributed by atoms with Crippen LogP contribution in [0.15, 0.2) is 6.07 Å². The molecule has 1 aliphatic heterocycles. The smallest absolute Gasteiger partial charge is 0.127 e. The van der Waals surface area contributed by atoms with E-state index in [4.69, 9.17) is 9.47 Å². The Hall–Kier alpha value is -0.540. The van der Waals surface area contributed by atoms with Gasteiger partial charge >= 0.3 is 0 Å². The van der Waals surface area contributed by atoms with Crippen LogP contribution in [0.3, 0.4) is 0 Å². The average Bonchev–Trinajstić information content (AvgIpc) is 2.19. The van der Waals surface area contributed by atoms with Crippen LogP contribution in [-0.4, -0.2) is 20.3 Å². The minimum atomic E-state index is -0.0547. The predicted octanol–water partition coefficient (Wildman–Crippen LogP) is 3.24. The Morgan fingerprint density at radius 1 is 1.25 bits per heavy atom. The van der Waals surface area contributed by atoms with Crippen molar-refractivity contribution in [3.8, 4) is 5.75 Å². The minimum absolute atomic E-state index is 0.0547. The maximum absolute atomic E-state index is 5.57. The quantitative estimate of drug-likeness (QED) is 0.777. The van der Waals surface area contributed by atoms with Gasteiger partial charge in [0, 0.05) is 5.56 Å². The summed E-state index contributed by atoms with van der Waals surface area (Å²) in [6, 6.07) is 2.22.